The summed E-state index contributed by atoms with van der Waals surface area (Å²) in [5.74, 6) is -0.682. The van der Waals surface area contributed by atoms with Gasteiger partial charge in [0, 0.05) is 19.6 Å². The van der Waals surface area contributed by atoms with Crippen LogP contribution in [0.15, 0.2) is 53.4 Å². The van der Waals surface area contributed by atoms with E-state index >= 15 is 0 Å². The third kappa shape index (κ3) is 5.99. The zero-order chi connectivity index (χ0) is 20.7. The second-order valence-corrected chi connectivity index (χ2v) is 8.74. The average molecular weight is 423 g/mol. The molecule has 1 saturated heterocycles. The van der Waals surface area contributed by atoms with Gasteiger partial charge < -0.3 is 9.47 Å². The van der Waals surface area contributed by atoms with Crippen LogP contribution in [-0.4, -0.2) is 53.2 Å². The Labute approximate surface area is 171 Å². The summed E-state index contributed by atoms with van der Waals surface area (Å²) in [5, 5.41) is 0. The van der Waals surface area contributed by atoms with Gasteiger partial charge in [-0.05, 0) is 43.1 Å². The summed E-state index contributed by atoms with van der Waals surface area (Å²) in [5.41, 5.74) is 1.18. The highest BCUT2D eigenvalue weighted by Gasteiger charge is 2.21. The van der Waals surface area contributed by atoms with Crippen molar-refractivity contribution < 1.29 is 22.3 Å². The Kier molecular flexibility index (Phi) is 7.60. The van der Waals surface area contributed by atoms with Crippen molar-refractivity contribution in [2.45, 2.75) is 23.8 Å². The topological polar surface area (TPSA) is 67.9 Å². The molecule has 29 heavy (non-hydrogen) atoms. The Balaban J connectivity index is 1.42. The molecular weight excluding hydrogens is 395 g/mol. The van der Waals surface area contributed by atoms with E-state index in [4.69, 9.17) is 9.47 Å². The number of unbranched alkanes of at least 4 members (excludes halogenated alkanes) is 1. The van der Waals surface area contributed by atoms with Crippen LogP contribution in [0.2, 0.25) is 0 Å². The van der Waals surface area contributed by atoms with Crippen LogP contribution in [0.4, 0.5) is 4.39 Å². The smallest absolute Gasteiger partial charge is 0.240 e. The lowest BCUT2D eigenvalue weighted by molar-refractivity contribution is -0.0303. The van der Waals surface area contributed by atoms with Crippen molar-refractivity contribution in [3.63, 3.8) is 0 Å². The lowest BCUT2D eigenvalue weighted by Gasteiger charge is -2.33. The predicted molar refractivity (Wildman–Crippen MR) is 109 cm³/mol. The maximum atomic E-state index is 13.8. The van der Waals surface area contributed by atoms with Gasteiger partial charge in [-0.25, -0.2) is 17.5 Å². The highest BCUT2D eigenvalue weighted by atomic mass is 32.2. The predicted octanol–water partition coefficient (Wildman–Crippen LogP) is 2.97. The first-order valence-corrected chi connectivity index (χ1v) is 11.2. The molecule has 1 aliphatic rings. The number of rotatable bonds is 9. The van der Waals surface area contributed by atoms with Crippen LogP contribution >= 0.6 is 0 Å². The van der Waals surface area contributed by atoms with E-state index in [1.54, 1.807) is 0 Å². The van der Waals surface area contributed by atoms with Crippen LogP contribution in [0, 0.1) is 5.82 Å². The number of sulfonamides is 1. The molecule has 1 N–H and O–H groups in total. The van der Waals surface area contributed by atoms with Crippen LogP contribution in [0.25, 0.3) is 0 Å². The molecule has 2 aromatic carbocycles. The van der Waals surface area contributed by atoms with Crippen molar-refractivity contribution in [2.24, 2.45) is 0 Å². The van der Waals surface area contributed by atoms with Crippen molar-refractivity contribution in [3.8, 4) is 5.75 Å². The van der Waals surface area contributed by atoms with Gasteiger partial charge in [0.15, 0.2) is 11.6 Å². The second kappa shape index (κ2) is 10.2. The van der Waals surface area contributed by atoms with Gasteiger partial charge in [-0.15, -0.1) is 0 Å². The largest absolute Gasteiger partial charge is 0.494 e. The van der Waals surface area contributed by atoms with Crippen molar-refractivity contribution in [1.82, 2.24) is 9.62 Å². The maximum absolute atomic E-state index is 13.8. The Bertz CT molecular complexity index is 893. The molecule has 158 valence electrons. The molecule has 0 bridgehead atoms. The number of morpholine rings is 1. The molecule has 0 unspecified atom stereocenters. The summed E-state index contributed by atoms with van der Waals surface area (Å²) in [7, 11) is -2.40. The van der Waals surface area contributed by atoms with Crippen LogP contribution < -0.4 is 9.46 Å². The molecule has 8 heteroatoms. The molecule has 0 saturated carbocycles. The number of halogens is 1. The van der Waals surface area contributed by atoms with Crippen LogP contribution in [-0.2, 0) is 14.8 Å². The zero-order valence-corrected chi connectivity index (χ0v) is 17.3. The van der Waals surface area contributed by atoms with E-state index in [-0.39, 0.29) is 16.7 Å². The number of methoxy groups -OCH3 is 1. The number of ether oxygens (including phenoxy) is 2. The van der Waals surface area contributed by atoms with Gasteiger partial charge in [-0.2, -0.15) is 0 Å². The van der Waals surface area contributed by atoms with Crippen molar-refractivity contribution in [3.05, 3.63) is 59.9 Å². The molecule has 3 rings (SSSR count). The fourth-order valence-electron chi connectivity index (χ4n) is 3.34. The van der Waals surface area contributed by atoms with Crippen LogP contribution in [0.1, 0.15) is 24.5 Å². The van der Waals surface area contributed by atoms with Gasteiger partial charge >= 0.3 is 0 Å². The van der Waals surface area contributed by atoms with Gasteiger partial charge in [0.25, 0.3) is 0 Å². The van der Waals surface area contributed by atoms with Crippen LogP contribution in [0.5, 0.6) is 5.75 Å². The Morgan fingerprint density at radius 2 is 2.00 bits per heavy atom. The lowest BCUT2D eigenvalue weighted by atomic mass is 10.1. The highest BCUT2D eigenvalue weighted by Crippen LogP contribution is 2.22. The zero-order valence-electron chi connectivity index (χ0n) is 16.5. The van der Waals surface area contributed by atoms with Gasteiger partial charge in [0.1, 0.15) is 0 Å². The second-order valence-electron chi connectivity index (χ2n) is 6.97. The third-order valence-corrected chi connectivity index (χ3v) is 6.41. The van der Waals surface area contributed by atoms with Gasteiger partial charge in [-0.1, -0.05) is 30.3 Å². The minimum absolute atomic E-state index is 0.0169. The van der Waals surface area contributed by atoms with E-state index in [2.05, 4.69) is 21.8 Å². The molecule has 0 radical (unpaired) electrons. The number of hydrogen-bond acceptors (Lipinski definition) is 5. The van der Waals surface area contributed by atoms with Crippen molar-refractivity contribution in [2.75, 3.05) is 39.9 Å². The Morgan fingerprint density at radius 1 is 1.21 bits per heavy atom. The summed E-state index contributed by atoms with van der Waals surface area (Å²) in [6.07, 6.45) is 1.64. The maximum Gasteiger partial charge on any atom is 0.240 e. The molecule has 0 aromatic heterocycles. The van der Waals surface area contributed by atoms with Crippen molar-refractivity contribution in [1.29, 1.82) is 0 Å². The molecular formula is C21H27FN2O4S. The first-order chi connectivity index (χ1) is 14.0. The molecule has 1 heterocycles. The minimum Gasteiger partial charge on any atom is -0.494 e. The molecule has 1 fully saturated rings. The Hall–Kier alpha value is -2.00. The quantitative estimate of drug-likeness (QED) is 0.630. The third-order valence-electron chi connectivity index (χ3n) is 4.95. The summed E-state index contributed by atoms with van der Waals surface area (Å²) >= 11 is 0. The van der Waals surface area contributed by atoms with Gasteiger partial charge in [0.2, 0.25) is 10.0 Å². The van der Waals surface area contributed by atoms with Gasteiger partial charge in [-0.3, -0.25) is 4.90 Å². The summed E-state index contributed by atoms with van der Waals surface area (Å²) < 4.78 is 51.6. The monoisotopic (exact) mass is 422 g/mol. The Morgan fingerprint density at radius 3 is 2.72 bits per heavy atom. The van der Waals surface area contributed by atoms with E-state index < -0.39 is 15.8 Å². The highest BCUT2D eigenvalue weighted by molar-refractivity contribution is 7.89. The van der Waals surface area contributed by atoms with Crippen LogP contribution in [0.3, 0.4) is 0 Å². The average Bonchev–Trinajstić information content (AvgIpc) is 2.74. The first-order valence-electron chi connectivity index (χ1n) is 9.72. The molecule has 0 aliphatic carbocycles. The fourth-order valence-corrected chi connectivity index (χ4v) is 4.43. The fraction of sp³-hybridized carbons (Fsp3) is 0.429. The van der Waals surface area contributed by atoms with Crippen molar-refractivity contribution >= 4 is 10.0 Å². The SMILES string of the molecule is COc1ccc(S(=O)(=O)NCCCCN2CCO[C@H](c3ccccc3)C2)cc1F. The molecule has 6 nitrogen and oxygen atoms in total. The summed E-state index contributed by atoms with van der Waals surface area (Å²) in [6, 6.07) is 13.8. The van der Waals surface area contributed by atoms with E-state index in [0.29, 0.717) is 19.6 Å². The number of nitrogens with zero attached hydrogens (tertiary/aromatic N) is 1. The lowest BCUT2D eigenvalue weighted by Crippen LogP contribution is -2.39. The molecule has 0 spiro atoms. The van der Waals surface area contributed by atoms with E-state index in [1.165, 1.54) is 24.8 Å². The number of hydrogen-bond donors (Lipinski definition) is 1. The normalized spacial score (nSPS) is 17.9. The number of nitrogens with one attached hydrogen (secondary N) is 1. The standard InChI is InChI=1S/C21H27FN2O4S/c1-27-20-10-9-18(15-19(20)22)29(25,26)23-11-5-6-12-24-13-14-28-21(16-24)17-7-3-2-4-8-17/h2-4,7-10,15,21,23H,5-6,11-14,16H2,1H3/t21-/m0/s1. The molecule has 2 aromatic rings. The molecule has 1 atom stereocenters. The number of benzene rings is 2. The van der Waals surface area contributed by atoms with E-state index in [0.717, 1.165) is 32.1 Å². The summed E-state index contributed by atoms with van der Waals surface area (Å²) in [6.45, 7) is 3.59. The van der Waals surface area contributed by atoms with Gasteiger partial charge in [0.05, 0.1) is 24.7 Å². The molecule has 1 aliphatic heterocycles. The van der Waals surface area contributed by atoms with E-state index in [1.807, 2.05) is 18.2 Å². The summed E-state index contributed by atoms with van der Waals surface area (Å²) in [4.78, 5) is 2.24. The molecule has 0 amide bonds. The first kappa shape index (κ1) is 21.7. The van der Waals surface area contributed by atoms with E-state index in [9.17, 15) is 12.8 Å². The minimum atomic E-state index is -3.74.